The van der Waals surface area contributed by atoms with Gasteiger partial charge in [-0.05, 0) is 33.9 Å². The first-order valence-corrected chi connectivity index (χ1v) is 6.56. The summed E-state index contributed by atoms with van der Waals surface area (Å²) in [5, 5.41) is 2.59. The third kappa shape index (κ3) is 2.30. The van der Waals surface area contributed by atoms with Crippen LogP contribution in [0.3, 0.4) is 0 Å². The molecule has 0 fully saturated rings. The molecule has 0 saturated carbocycles. The van der Waals surface area contributed by atoms with Gasteiger partial charge in [-0.15, -0.1) is 6.58 Å². The Morgan fingerprint density at radius 1 is 0.789 bits per heavy atom. The Morgan fingerprint density at radius 2 is 1.53 bits per heavy atom. The van der Waals surface area contributed by atoms with Gasteiger partial charge in [-0.3, -0.25) is 0 Å². The Bertz CT molecular complexity index is 700. The van der Waals surface area contributed by atoms with Gasteiger partial charge in [0.25, 0.3) is 0 Å². The van der Waals surface area contributed by atoms with Crippen molar-refractivity contribution in [3.05, 3.63) is 84.9 Å². The highest BCUT2D eigenvalue weighted by Crippen LogP contribution is 2.28. The van der Waals surface area contributed by atoms with E-state index < -0.39 is 0 Å². The van der Waals surface area contributed by atoms with Crippen molar-refractivity contribution in [3.8, 4) is 11.1 Å². The first-order chi connectivity index (χ1) is 9.38. The van der Waals surface area contributed by atoms with Crippen LogP contribution in [0, 0.1) is 0 Å². The molecular weight excluding hydrogens is 228 g/mol. The van der Waals surface area contributed by atoms with Crippen molar-refractivity contribution in [1.82, 2.24) is 0 Å². The average Bonchev–Trinajstić information content (AvgIpc) is 2.48. The van der Waals surface area contributed by atoms with Crippen LogP contribution in [0.1, 0.15) is 5.56 Å². The van der Waals surface area contributed by atoms with Gasteiger partial charge in [-0.2, -0.15) is 0 Å². The molecule has 0 aliphatic carbocycles. The van der Waals surface area contributed by atoms with Crippen LogP contribution in [0.5, 0.6) is 0 Å². The molecule has 0 unspecified atom stereocenters. The van der Waals surface area contributed by atoms with Crippen molar-refractivity contribution in [1.29, 1.82) is 0 Å². The zero-order chi connectivity index (χ0) is 13.1. The van der Waals surface area contributed by atoms with Crippen LogP contribution in [0.15, 0.2) is 79.4 Å². The van der Waals surface area contributed by atoms with E-state index in [1.165, 1.54) is 27.5 Å². The molecule has 0 aliphatic rings. The highest BCUT2D eigenvalue weighted by Gasteiger charge is 2.02. The molecule has 0 radical (unpaired) electrons. The second-order valence-corrected chi connectivity index (χ2v) is 4.72. The Kier molecular flexibility index (Phi) is 3.16. The molecule has 92 valence electrons. The number of allylic oxidation sites excluding steroid dienone is 1. The second-order valence-electron chi connectivity index (χ2n) is 4.72. The van der Waals surface area contributed by atoms with Gasteiger partial charge in [-0.25, -0.2) is 0 Å². The predicted molar refractivity (Wildman–Crippen MR) is 83.3 cm³/mol. The monoisotopic (exact) mass is 244 g/mol. The van der Waals surface area contributed by atoms with E-state index in [-0.39, 0.29) is 0 Å². The van der Waals surface area contributed by atoms with Gasteiger partial charge in [0.1, 0.15) is 0 Å². The maximum absolute atomic E-state index is 3.78. The topological polar surface area (TPSA) is 0 Å². The summed E-state index contributed by atoms with van der Waals surface area (Å²) in [5.41, 5.74) is 3.87. The van der Waals surface area contributed by atoms with Crippen LogP contribution < -0.4 is 0 Å². The lowest BCUT2D eigenvalue weighted by atomic mass is 9.97. The van der Waals surface area contributed by atoms with Crippen molar-refractivity contribution in [2.75, 3.05) is 0 Å². The Hall–Kier alpha value is -2.34. The zero-order valence-corrected chi connectivity index (χ0v) is 10.8. The molecule has 3 aromatic rings. The van der Waals surface area contributed by atoms with E-state index in [0.717, 1.165) is 6.42 Å². The van der Waals surface area contributed by atoms with Gasteiger partial charge >= 0.3 is 0 Å². The summed E-state index contributed by atoms with van der Waals surface area (Å²) in [6, 6.07) is 23.7. The highest BCUT2D eigenvalue weighted by atomic mass is 14.1. The van der Waals surface area contributed by atoms with Crippen molar-refractivity contribution in [2.45, 2.75) is 6.42 Å². The van der Waals surface area contributed by atoms with Gasteiger partial charge in [-0.1, -0.05) is 72.8 Å². The van der Waals surface area contributed by atoms with E-state index in [0.29, 0.717) is 0 Å². The minimum absolute atomic E-state index is 0.926. The smallest absolute Gasteiger partial charge is 0.0100 e. The van der Waals surface area contributed by atoms with Crippen LogP contribution >= 0.6 is 0 Å². The summed E-state index contributed by atoms with van der Waals surface area (Å²) in [7, 11) is 0. The molecule has 0 heteroatoms. The summed E-state index contributed by atoms with van der Waals surface area (Å²) in [6.45, 7) is 3.78. The van der Waals surface area contributed by atoms with E-state index in [4.69, 9.17) is 0 Å². The number of hydrogen-bond donors (Lipinski definition) is 0. The molecule has 0 N–H and O–H groups in total. The average molecular weight is 244 g/mol. The summed E-state index contributed by atoms with van der Waals surface area (Å²) in [6.07, 6.45) is 2.86. The minimum Gasteiger partial charge on any atom is -0.103 e. The lowest BCUT2D eigenvalue weighted by Crippen LogP contribution is -1.83. The molecule has 0 saturated heterocycles. The van der Waals surface area contributed by atoms with Crippen LogP contribution in [0.25, 0.3) is 21.9 Å². The fourth-order valence-electron chi connectivity index (χ4n) is 2.46. The van der Waals surface area contributed by atoms with Gasteiger partial charge < -0.3 is 0 Å². The number of benzene rings is 3. The highest BCUT2D eigenvalue weighted by molar-refractivity contribution is 5.96. The zero-order valence-electron chi connectivity index (χ0n) is 10.8. The molecular formula is C19H16. The van der Waals surface area contributed by atoms with Crippen molar-refractivity contribution in [3.63, 3.8) is 0 Å². The quantitative estimate of drug-likeness (QED) is 0.553. The van der Waals surface area contributed by atoms with Gasteiger partial charge in [0.15, 0.2) is 0 Å². The summed E-state index contributed by atoms with van der Waals surface area (Å²) in [5.74, 6) is 0. The van der Waals surface area contributed by atoms with E-state index >= 15 is 0 Å². The number of rotatable bonds is 3. The van der Waals surface area contributed by atoms with Crippen molar-refractivity contribution in [2.24, 2.45) is 0 Å². The van der Waals surface area contributed by atoms with Gasteiger partial charge in [0, 0.05) is 0 Å². The fourth-order valence-corrected chi connectivity index (χ4v) is 2.46. The standard InChI is InChI=1S/C19H16/c1-2-6-15-11-13-17(14-12-15)19-10-5-8-16-7-3-4-9-18(16)19/h2-5,7-14H,1,6H2. The Morgan fingerprint density at radius 3 is 2.32 bits per heavy atom. The molecule has 0 atom stereocenters. The van der Waals surface area contributed by atoms with Crippen molar-refractivity contribution < 1.29 is 0 Å². The third-order valence-electron chi connectivity index (χ3n) is 3.43. The predicted octanol–water partition coefficient (Wildman–Crippen LogP) is 5.24. The van der Waals surface area contributed by atoms with Gasteiger partial charge in [0.05, 0.1) is 0 Å². The van der Waals surface area contributed by atoms with Crippen LogP contribution in [-0.4, -0.2) is 0 Å². The van der Waals surface area contributed by atoms with E-state index in [1.54, 1.807) is 0 Å². The molecule has 0 nitrogen and oxygen atoms in total. The largest absolute Gasteiger partial charge is 0.103 e. The maximum atomic E-state index is 3.78. The third-order valence-corrected chi connectivity index (χ3v) is 3.43. The molecule has 19 heavy (non-hydrogen) atoms. The Labute approximate surface area is 114 Å². The van der Waals surface area contributed by atoms with Crippen LogP contribution in [-0.2, 0) is 6.42 Å². The summed E-state index contributed by atoms with van der Waals surface area (Å²) >= 11 is 0. The number of fused-ring (bicyclic) bond motifs is 1. The van der Waals surface area contributed by atoms with E-state index in [1.807, 2.05) is 6.08 Å². The molecule has 3 rings (SSSR count). The number of hydrogen-bond acceptors (Lipinski definition) is 0. The summed E-state index contributed by atoms with van der Waals surface area (Å²) in [4.78, 5) is 0. The molecule has 0 amide bonds. The van der Waals surface area contributed by atoms with Crippen molar-refractivity contribution >= 4 is 10.8 Å². The first kappa shape index (κ1) is 11.7. The van der Waals surface area contributed by atoms with Crippen LogP contribution in [0.4, 0.5) is 0 Å². The minimum atomic E-state index is 0.926. The first-order valence-electron chi connectivity index (χ1n) is 6.56. The molecule has 3 aromatic carbocycles. The summed E-state index contributed by atoms with van der Waals surface area (Å²) < 4.78 is 0. The molecule has 0 heterocycles. The van der Waals surface area contributed by atoms with E-state index in [2.05, 4.69) is 73.3 Å². The Balaban J connectivity index is 2.11. The SMILES string of the molecule is C=CCc1ccc(-c2cccc3ccccc23)cc1. The van der Waals surface area contributed by atoms with E-state index in [9.17, 15) is 0 Å². The normalized spacial score (nSPS) is 10.5. The molecule has 0 aromatic heterocycles. The lowest BCUT2D eigenvalue weighted by molar-refractivity contribution is 1.28. The molecule has 0 aliphatic heterocycles. The second kappa shape index (κ2) is 5.11. The maximum Gasteiger partial charge on any atom is -0.0100 e. The fraction of sp³-hybridized carbons (Fsp3) is 0.0526. The van der Waals surface area contributed by atoms with Gasteiger partial charge in [0.2, 0.25) is 0 Å². The lowest BCUT2D eigenvalue weighted by Gasteiger charge is -2.07. The molecule has 0 bridgehead atoms. The van der Waals surface area contributed by atoms with Crippen LogP contribution in [0.2, 0.25) is 0 Å². The molecule has 0 spiro atoms.